The lowest BCUT2D eigenvalue weighted by atomic mass is 9.97. The van der Waals surface area contributed by atoms with Crippen LogP contribution in [0.15, 0.2) is 11.6 Å². The molecule has 2 aliphatic heterocycles. The Hall–Kier alpha value is -1.64. The van der Waals surface area contributed by atoms with Gasteiger partial charge in [-0.1, -0.05) is 25.5 Å². The molecule has 0 bridgehead atoms. The number of allylic oxidation sites excluding steroid dienone is 1. The molecule has 2 rings (SSSR count). The summed E-state index contributed by atoms with van der Waals surface area (Å²) < 4.78 is 22.9. The number of methoxy groups -OCH3 is 2. The average Bonchev–Trinajstić information content (AvgIpc) is 3.17. The van der Waals surface area contributed by atoms with E-state index in [-0.39, 0.29) is 30.5 Å². The number of hydrogen-bond donors (Lipinski definition) is 1. The minimum Gasteiger partial charge on any atom is -0.444 e. The van der Waals surface area contributed by atoms with Crippen LogP contribution in [0.2, 0.25) is 0 Å². The van der Waals surface area contributed by atoms with Crippen LogP contribution < -0.4 is 5.32 Å². The second kappa shape index (κ2) is 9.88. The van der Waals surface area contributed by atoms with Crippen molar-refractivity contribution in [2.75, 3.05) is 27.4 Å². The van der Waals surface area contributed by atoms with E-state index < -0.39 is 29.6 Å². The molecule has 31 heavy (non-hydrogen) atoms. The van der Waals surface area contributed by atoms with Crippen LogP contribution >= 0.6 is 0 Å². The molecule has 2 fully saturated rings. The second-order valence-electron chi connectivity index (χ2n) is 10.2. The number of fused-ring (bicyclic) bond motifs is 1. The summed E-state index contributed by atoms with van der Waals surface area (Å²) in [5.74, 6) is -1.00. The van der Waals surface area contributed by atoms with Gasteiger partial charge in [0.15, 0.2) is 0 Å². The maximum atomic E-state index is 13.7. The van der Waals surface area contributed by atoms with Crippen molar-refractivity contribution in [3.05, 3.63) is 11.6 Å². The summed E-state index contributed by atoms with van der Waals surface area (Å²) in [5.41, 5.74) is 0.503. The van der Waals surface area contributed by atoms with Gasteiger partial charge >= 0.3 is 6.09 Å². The molecule has 1 N–H and O–H groups in total. The van der Waals surface area contributed by atoms with Gasteiger partial charge in [0.05, 0.1) is 6.10 Å². The number of rotatable bonds is 7. The van der Waals surface area contributed by atoms with E-state index in [1.54, 1.807) is 39.9 Å². The third-order valence-electron chi connectivity index (χ3n) is 5.62. The highest BCUT2D eigenvalue weighted by Gasteiger charge is 2.61. The molecule has 2 aliphatic rings. The van der Waals surface area contributed by atoms with E-state index in [2.05, 4.69) is 11.4 Å². The predicted molar refractivity (Wildman–Crippen MR) is 118 cm³/mol. The van der Waals surface area contributed by atoms with E-state index in [4.69, 9.17) is 18.9 Å². The van der Waals surface area contributed by atoms with Crippen LogP contribution in [0, 0.1) is 11.8 Å². The maximum absolute atomic E-state index is 13.7. The maximum Gasteiger partial charge on any atom is 0.408 e. The van der Waals surface area contributed by atoms with Gasteiger partial charge in [-0.3, -0.25) is 4.79 Å². The molecule has 0 aromatic heterocycles. The van der Waals surface area contributed by atoms with E-state index in [1.165, 1.54) is 0 Å². The summed E-state index contributed by atoms with van der Waals surface area (Å²) in [7, 11) is 3.13. The Bertz CT molecular complexity index is 676. The number of hydrogen-bond acceptors (Lipinski definition) is 6. The number of carbonyl (C=O) groups excluding carboxylic acids is 2. The number of nitrogens with zero attached hydrogens (tertiary/aromatic N) is 1. The first-order valence-electron chi connectivity index (χ1n) is 11.0. The molecule has 0 aliphatic carbocycles. The molecule has 8 heteroatoms. The number of likely N-dealkylation sites (tertiary alicyclic amines) is 1. The third kappa shape index (κ3) is 5.99. The Labute approximate surface area is 186 Å². The Morgan fingerprint density at radius 2 is 1.84 bits per heavy atom. The van der Waals surface area contributed by atoms with Crippen LogP contribution in [0.1, 0.15) is 54.9 Å². The summed E-state index contributed by atoms with van der Waals surface area (Å²) in [6, 6.07) is -1.13. The molecule has 2 saturated heterocycles. The highest BCUT2D eigenvalue weighted by molar-refractivity contribution is 5.86. The fourth-order valence-corrected chi connectivity index (χ4v) is 4.44. The van der Waals surface area contributed by atoms with Crippen molar-refractivity contribution in [1.82, 2.24) is 10.2 Å². The smallest absolute Gasteiger partial charge is 0.408 e. The van der Waals surface area contributed by atoms with Gasteiger partial charge in [-0.15, -0.1) is 0 Å². The van der Waals surface area contributed by atoms with E-state index >= 15 is 0 Å². The molecule has 0 unspecified atom stereocenters. The van der Waals surface area contributed by atoms with Crippen LogP contribution in [-0.2, 0) is 23.7 Å². The van der Waals surface area contributed by atoms with Gasteiger partial charge in [0.2, 0.25) is 11.7 Å². The molecular formula is C23H40N2O6. The van der Waals surface area contributed by atoms with Gasteiger partial charge in [0.25, 0.3) is 0 Å². The van der Waals surface area contributed by atoms with Gasteiger partial charge in [0.1, 0.15) is 24.3 Å². The first-order valence-corrected chi connectivity index (χ1v) is 11.0. The van der Waals surface area contributed by atoms with Crippen molar-refractivity contribution >= 4 is 12.0 Å². The Kier molecular flexibility index (Phi) is 8.16. The molecule has 4 atom stereocenters. The molecule has 0 spiro atoms. The number of carbonyl (C=O) groups is 2. The van der Waals surface area contributed by atoms with Crippen molar-refractivity contribution < 1.29 is 28.5 Å². The lowest BCUT2D eigenvalue weighted by Crippen LogP contribution is -2.59. The van der Waals surface area contributed by atoms with Crippen molar-refractivity contribution in [3.63, 3.8) is 0 Å². The van der Waals surface area contributed by atoms with Crippen LogP contribution in [0.5, 0.6) is 0 Å². The highest BCUT2D eigenvalue weighted by atomic mass is 16.7. The minimum absolute atomic E-state index is 0.0207. The summed E-state index contributed by atoms with van der Waals surface area (Å²) >= 11 is 0. The van der Waals surface area contributed by atoms with Crippen LogP contribution in [-0.4, -0.2) is 73.8 Å². The Morgan fingerprint density at radius 3 is 2.32 bits per heavy atom. The van der Waals surface area contributed by atoms with E-state index in [1.807, 2.05) is 27.7 Å². The number of ether oxygens (including phenoxy) is 4. The SMILES string of the molecule is COC1(OC)CO[C@@H]2[C@H](C=C(C)C)CN(C(=O)[C@H](CC(C)C)NC(=O)OC(C)(C)C)[C@@H]21. The standard InChI is InChI=1S/C23H40N2O6/c1-14(2)10-16-12-25(19-18(16)30-13-23(19,28-8)29-9)20(26)17(11-15(3)4)24-21(27)31-22(5,6)7/h10,15-19H,11-13H2,1-9H3,(H,24,27)/t16-,17+,18-,19+/m1/s1. The van der Waals surface area contributed by atoms with Gasteiger partial charge in [-0.05, 0) is 47.0 Å². The summed E-state index contributed by atoms with van der Waals surface area (Å²) in [6.07, 6.45) is 1.79. The molecule has 0 aromatic carbocycles. The fourth-order valence-electron chi connectivity index (χ4n) is 4.44. The molecule has 2 amide bonds. The average molecular weight is 441 g/mol. The van der Waals surface area contributed by atoms with Crippen molar-refractivity contribution in [3.8, 4) is 0 Å². The van der Waals surface area contributed by atoms with Crippen molar-refractivity contribution in [1.29, 1.82) is 0 Å². The first kappa shape index (κ1) is 25.6. The van der Waals surface area contributed by atoms with E-state index in [0.717, 1.165) is 5.57 Å². The summed E-state index contributed by atoms with van der Waals surface area (Å²) in [5, 5.41) is 2.79. The molecule has 0 saturated carbocycles. The molecule has 8 nitrogen and oxygen atoms in total. The van der Waals surface area contributed by atoms with Crippen molar-refractivity contribution in [2.24, 2.45) is 11.8 Å². The van der Waals surface area contributed by atoms with E-state index in [0.29, 0.717) is 13.0 Å². The minimum atomic E-state index is -1.04. The molecule has 0 aromatic rings. The largest absolute Gasteiger partial charge is 0.444 e. The van der Waals surface area contributed by atoms with Gasteiger partial charge in [-0.25, -0.2) is 4.79 Å². The lowest BCUT2D eigenvalue weighted by molar-refractivity contribution is -0.227. The molecule has 0 radical (unpaired) electrons. The topological polar surface area (TPSA) is 86.3 Å². The molecule has 2 heterocycles. The third-order valence-corrected chi connectivity index (χ3v) is 5.62. The van der Waals surface area contributed by atoms with Gasteiger partial charge < -0.3 is 29.2 Å². The van der Waals surface area contributed by atoms with Crippen LogP contribution in [0.3, 0.4) is 0 Å². The number of nitrogens with one attached hydrogen (secondary N) is 1. The summed E-state index contributed by atoms with van der Waals surface area (Å²) in [4.78, 5) is 28.0. The van der Waals surface area contributed by atoms with Crippen LogP contribution in [0.25, 0.3) is 0 Å². The predicted octanol–water partition coefficient (Wildman–Crippen LogP) is 3.11. The number of amides is 2. The number of alkyl carbamates (subject to hydrolysis) is 1. The van der Waals surface area contributed by atoms with E-state index in [9.17, 15) is 9.59 Å². The Morgan fingerprint density at radius 1 is 1.23 bits per heavy atom. The van der Waals surface area contributed by atoms with Gasteiger partial charge in [0, 0.05) is 26.7 Å². The van der Waals surface area contributed by atoms with Crippen LogP contribution in [0.4, 0.5) is 4.79 Å². The zero-order valence-corrected chi connectivity index (χ0v) is 20.5. The van der Waals surface area contributed by atoms with Crippen molar-refractivity contribution in [2.45, 2.75) is 84.5 Å². The lowest BCUT2D eigenvalue weighted by Gasteiger charge is -2.37. The second-order valence-corrected chi connectivity index (χ2v) is 10.2. The monoisotopic (exact) mass is 440 g/mol. The fraction of sp³-hybridized carbons (Fsp3) is 0.826. The zero-order chi connectivity index (χ0) is 23.6. The summed E-state index contributed by atoms with van der Waals surface area (Å²) in [6.45, 7) is 14.2. The highest BCUT2D eigenvalue weighted by Crippen LogP contribution is 2.42. The van der Waals surface area contributed by atoms with Gasteiger partial charge in [-0.2, -0.15) is 0 Å². The Balaban J connectivity index is 2.34. The quantitative estimate of drug-likeness (QED) is 0.484. The first-order chi connectivity index (χ1) is 14.3. The molecular weight excluding hydrogens is 400 g/mol. The normalized spacial score (nSPS) is 25.9. The molecule has 178 valence electrons. The zero-order valence-electron chi connectivity index (χ0n) is 20.5.